The molecule has 3 heterocycles. The van der Waals surface area contributed by atoms with Crippen molar-refractivity contribution in [1.29, 1.82) is 0 Å². The van der Waals surface area contributed by atoms with Crippen molar-refractivity contribution in [2.75, 3.05) is 20.1 Å². The number of nitrogens with one attached hydrogen (secondary N) is 2. The van der Waals surface area contributed by atoms with Crippen LogP contribution in [-0.4, -0.2) is 49.1 Å². The number of carbonyl (C=O) groups excluding carboxylic acids is 1. The molecule has 0 saturated carbocycles. The van der Waals surface area contributed by atoms with Gasteiger partial charge >= 0.3 is 0 Å². The maximum Gasteiger partial charge on any atom is 0.247 e. The highest BCUT2D eigenvalue weighted by molar-refractivity contribution is 5.94. The van der Waals surface area contributed by atoms with Gasteiger partial charge in [-0.15, -0.1) is 0 Å². The smallest absolute Gasteiger partial charge is 0.247 e. The summed E-state index contributed by atoms with van der Waals surface area (Å²) in [5, 5.41) is 6.46. The van der Waals surface area contributed by atoms with Crippen molar-refractivity contribution in [3.8, 4) is 0 Å². The average Bonchev–Trinajstić information content (AvgIpc) is 2.28. The molecule has 0 aromatic carbocycles. The fraction of sp³-hybridized carbons (Fsp3) is 0.800. The van der Waals surface area contributed by atoms with Gasteiger partial charge in [0, 0.05) is 36.8 Å². The molecule has 106 valence electrons. The van der Waals surface area contributed by atoms with Crippen molar-refractivity contribution in [2.24, 2.45) is 0 Å². The van der Waals surface area contributed by atoms with Gasteiger partial charge < -0.3 is 15.5 Å². The predicted octanol–water partition coefficient (Wildman–Crippen LogP) is 1.04. The minimum absolute atomic E-state index is 0.157. The van der Waals surface area contributed by atoms with Crippen molar-refractivity contribution in [2.45, 2.75) is 57.2 Å². The zero-order valence-electron chi connectivity index (χ0n) is 12.0. The predicted molar refractivity (Wildman–Crippen MR) is 75.9 cm³/mol. The fourth-order valence-electron chi connectivity index (χ4n) is 3.70. The van der Waals surface area contributed by atoms with E-state index in [-0.39, 0.29) is 5.91 Å². The minimum atomic E-state index is 0.157. The summed E-state index contributed by atoms with van der Waals surface area (Å²) in [6.45, 7) is 3.73. The van der Waals surface area contributed by atoms with Gasteiger partial charge in [-0.25, -0.2) is 0 Å². The van der Waals surface area contributed by atoms with Crippen LogP contribution in [0.25, 0.3) is 0 Å². The van der Waals surface area contributed by atoms with Gasteiger partial charge in [0.2, 0.25) is 5.91 Å². The van der Waals surface area contributed by atoms with Crippen molar-refractivity contribution in [3.63, 3.8) is 0 Å². The number of hydrogen-bond donors (Lipinski definition) is 2. The lowest BCUT2D eigenvalue weighted by atomic mass is 9.82. The molecular weight excluding hydrogens is 238 g/mol. The van der Waals surface area contributed by atoms with E-state index < -0.39 is 0 Å². The van der Waals surface area contributed by atoms with E-state index in [2.05, 4.69) is 22.6 Å². The van der Waals surface area contributed by atoms with Crippen LogP contribution in [0.3, 0.4) is 0 Å². The first kappa shape index (κ1) is 13.1. The molecule has 2 N–H and O–H groups in total. The third-order valence-corrected chi connectivity index (χ3v) is 5.22. The lowest BCUT2D eigenvalue weighted by molar-refractivity contribution is -0.119. The Morgan fingerprint density at radius 2 is 1.89 bits per heavy atom. The molecule has 0 aliphatic carbocycles. The first-order chi connectivity index (χ1) is 9.15. The first-order valence-electron chi connectivity index (χ1n) is 7.57. The van der Waals surface area contributed by atoms with E-state index in [0.29, 0.717) is 18.1 Å². The Morgan fingerprint density at radius 3 is 2.42 bits per heavy atom. The molecule has 0 aromatic heterocycles. The fourth-order valence-corrected chi connectivity index (χ4v) is 3.70. The van der Waals surface area contributed by atoms with Crippen molar-refractivity contribution >= 4 is 5.91 Å². The minimum Gasteiger partial charge on any atom is -0.349 e. The van der Waals surface area contributed by atoms with E-state index in [0.717, 1.165) is 31.5 Å². The van der Waals surface area contributed by atoms with Gasteiger partial charge in [-0.1, -0.05) is 6.42 Å². The molecule has 3 saturated heterocycles. The lowest BCUT2D eigenvalue weighted by Crippen LogP contribution is -2.55. The molecule has 0 radical (unpaired) electrons. The molecule has 19 heavy (non-hydrogen) atoms. The summed E-state index contributed by atoms with van der Waals surface area (Å²) < 4.78 is 0. The summed E-state index contributed by atoms with van der Waals surface area (Å²) in [6, 6.07) is 1.73. The number of nitrogens with zero attached hydrogens (tertiary/aromatic N) is 1. The molecular formula is C15H25N3O. The van der Waals surface area contributed by atoms with Crippen molar-refractivity contribution in [3.05, 3.63) is 11.1 Å². The van der Waals surface area contributed by atoms with Gasteiger partial charge in [0.1, 0.15) is 0 Å². The highest BCUT2D eigenvalue weighted by Crippen LogP contribution is 2.32. The zero-order chi connectivity index (χ0) is 13.4. The van der Waals surface area contributed by atoms with Crippen LogP contribution in [0.1, 0.15) is 39.0 Å². The number of piperidine rings is 2. The molecule has 2 atom stereocenters. The summed E-state index contributed by atoms with van der Waals surface area (Å²) in [6.07, 6.45) is 6.20. The van der Waals surface area contributed by atoms with Gasteiger partial charge in [0.25, 0.3) is 0 Å². The van der Waals surface area contributed by atoms with E-state index in [1.54, 1.807) is 0 Å². The lowest BCUT2D eigenvalue weighted by Gasteiger charge is -2.47. The van der Waals surface area contributed by atoms with Crippen molar-refractivity contribution < 1.29 is 4.79 Å². The quantitative estimate of drug-likeness (QED) is 0.732. The number of carbonyl (C=O) groups is 1. The second-order valence-electron chi connectivity index (χ2n) is 6.38. The Labute approximate surface area is 115 Å². The number of fused-ring (bicyclic) bond motifs is 2. The largest absolute Gasteiger partial charge is 0.349 e. The summed E-state index contributed by atoms with van der Waals surface area (Å²) in [5.41, 5.74) is 2.20. The topological polar surface area (TPSA) is 44.4 Å². The summed E-state index contributed by atoms with van der Waals surface area (Å²) in [5.74, 6) is 0.157. The van der Waals surface area contributed by atoms with Crippen LogP contribution >= 0.6 is 0 Å². The van der Waals surface area contributed by atoms with E-state index in [4.69, 9.17) is 0 Å². The van der Waals surface area contributed by atoms with E-state index in [9.17, 15) is 4.79 Å². The molecule has 4 nitrogen and oxygen atoms in total. The summed E-state index contributed by atoms with van der Waals surface area (Å²) >= 11 is 0. The molecule has 0 spiro atoms. The molecule has 3 fully saturated rings. The van der Waals surface area contributed by atoms with Gasteiger partial charge in [0.05, 0.1) is 0 Å². The Balaban J connectivity index is 1.60. The zero-order valence-corrected chi connectivity index (χ0v) is 12.0. The van der Waals surface area contributed by atoms with Crippen LogP contribution in [-0.2, 0) is 4.79 Å². The van der Waals surface area contributed by atoms with Gasteiger partial charge in [-0.05, 0) is 45.2 Å². The normalized spacial score (nSPS) is 34.6. The van der Waals surface area contributed by atoms with Crippen LogP contribution in [0, 0.1) is 0 Å². The summed E-state index contributed by atoms with van der Waals surface area (Å²) in [4.78, 5) is 14.8. The third kappa shape index (κ3) is 2.56. The molecule has 2 bridgehead atoms. The third-order valence-electron chi connectivity index (χ3n) is 5.22. The standard InChI is InChI=1S/C15H25N3O/c1-10(11-8-16-9-11)15(19)17-12-6-13-4-3-5-14(7-12)18(13)2/h12-14,16H,3-9H2,1-2H3,(H,17,19). The van der Waals surface area contributed by atoms with Gasteiger partial charge in [-0.3, -0.25) is 4.79 Å². The molecule has 3 aliphatic rings. The molecule has 2 unspecified atom stereocenters. The highest BCUT2D eigenvalue weighted by Gasteiger charge is 2.36. The monoisotopic (exact) mass is 263 g/mol. The maximum absolute atomic E-state index is 12.2. The molecule has 0 aromatic rings. The van der Waals surface area contributed by atoms with E-state index in [1.807, 2.05) is 6.92 Å². The Kier molecular flexibility index (Phi) is 3.63. The van der Waals surface area contributed by atoms with Gasteiger partial charge in [0.15, 0.2) is 0 Å². The number of amides is 1. The van der Waals surface area contributed by atoms with Crippen LogP contribution < -0.4 is 10.6 Å². The van der Waals surface area contributed by atoms with Gasteiger partial charge in [-0.2, -0.15) is 0 Å². The number of hydrogen-bond acceptors (Lipinski definition) is 3. The Bertz CT molecular complexity index is 384. The Morgan fingerprint density at radius 1 is 1.26 bits per heavy atom. The van der Waals surface area contributed by atoms with E-state index in [1.165, 1.54) is 24.8 Å². The first-order valence-corrected chi connectivity index (χ1v) is 7.57. The highest BCUT2D eigenvalue weighted by atomic mass is 16.1. The molecule has 4 heteroatoms. The average molecular weight is 263 g/mol. The summed E-state index contributed by atoms with van der Waals surface area (Å²) in [7, 11) is 2.25. The SMILES string of the molecule is CC(C(=O)NC1CC2CCCC(C1)N2C)=C1CNC1. The number of rotatable bonds is 2. The molecule has 1 amide bonds. The maximum atomic E-state index is 12.2. The van der Waals surface area contributed by atoms with E-state index >= 15 is 0 Å². The van der Waals surface area contributed by atoms with Crippen LogP contribution in [0.15, 0.2) is 11.1 Å². The second kappa shape index (κ2) is 5.25. The van der Waals surface area contributed by atoms with Crippen LogP contribution in [0.5, 0.6) is 0 Å². The Hall–Kier alpha value is -0.870. The van der Waals surface area contributed by atoms with Crippen LogP contribution in [0.2, 0.25) is 0 Å². The molecule has 3 rings (SSSR count). The van der Waals surface area contributed by atoms with Crippen LogP contribution in [0.4, 0.5) is 0 Å². The second-order valence-corrected chi connectivity index (χ2v) is 6.38. The molecule has 3 aliphatic heterocycles. The van der Waals surface area contributed by atoms with Crippen molar-refractivity contribution in [1.82, 2.24) is 15.5 Å².